The van der Waals surface area contributed by atoms with Crippen LogP contribution < -0.4 is 10.6 Å². The summed E-state index contributed by atoms with van der Waals surface area (Å²) in [6.45, 7) is 6.47. The molecule has 5 heteroatoms. The fraction of sp³-hybridized carbons (Fsp3) is 0.800. The smallest absolute Gasteiger partial charge is 0.308 e. The van der Waals surface area contributed by atoms with Crippen molar-refractivity contribution in [2.45, 2.75) is 33.2 Å². The maximum absolute atomic E-state index is 11.3. The lowest BCUT2D eigenvalue weighted by Crippen LogP contribution is -2.36. The number of nitrogens with one attached hydrogen (secondary N) is 2. The van der Waals surface area contributed by atoms with Gasteiger partial charge in [-0.2, -0.15) is 0 Å². The number of carboxylic acid groups (broad SMARTS) is 1. The van der Waals surface area contributed by atoms with E-state index in [2.05, 4.69) is 10.6 Å². The summed E-state index contributed by atoms with van der Waals surface area (Å²) in [5.41, 5.74) is 0. The van der Waals surface area contributed by atoms with Gasteiger partial charge in [-0.05, 0) is 13.5 Å². The summed E-state index contributed by atoms with van der Waals surface area (Å²) >= 11 is 0. The van der Waals surface area contributed by atoms with Gasteiger partial charge in [0.1, 0.15) is 0 Å². The number of rotatable bonds is 7. The number of carboxylic acids is 1. The third kappa shape index (κ3) is 6.90. The Morgan fingerprint density at radius 1 is 1.33 bits per heavy atom. The summed E-state index contributed by atoms with van der Waals surface area (Å²) in [7, 11) is 0. The lowest BCUT2D eigenvalue weighted by Gasteiger charge is -2.13. The van der Waals surface area contributed by atoms with E-state index in [4.69, 9.17) is 5.11 Å². The summed E-state index contributed by atoms with van der Waals surface area (Å²) in [6.07, 6.45) is 0.375. The first-order valence-corrected chi connectivity index (χ1v) is 5.20. The van der Waals surface area contributed by atoms with Crippen LogP contribution in [0.4, 0.5) is 0 Å². The number of amides is 1. The van der Waals surface area contributed by atoms with E-state index in [1.54, 1.807) is 6.92 Å². The number of carbonyl (C=O) groups excluding carboxylic acids is 1. The molecular weight excluding hydrogens is 196 g/mol. The third-order valence-electron chi connectivity index (χ3n) is 2.07. The van der Waals surface area contributed by atoms with Crippen LogP contribution in [0.1, 0.15) is 27.2 Å². The highest BCUT2D eigenvalue weighted by Gasteiger charge is 2.13. The molecule has 0 bridgehead atoms. The molecule has 0 heterocycles. The average molecular weight is 216 g/mol. The minimum atomic E-state index is -0.893. The van der Waals surface area contributed by atoms with E-state index in [-0.39, 0.29) is 18.5 Å². The van der Waals surface area contributed by atoms with Crippen LogP contribution in [0, 0.1) is 5.92 Å². The third-order valence-corrected chi connectivity index (χ3v) is 2.07. The summed E-state index contributed by atoms with van der Waals surface area (Å²) in [5.74, 6) is -1.55. The van der Waals surface area contributed by atoms with E-state index in [0.29, 0.717) is 6.42 Å². The van der Waals surface area contributed by atoms with Gasteiger partial charge in [0.05, 0.1) is 5.92 Å². The molecule has 0 aromatic rings. The maximum atomic E-state index is 11.3. The van der Waals surface area contributed by atoms with E-state index in [9.17, 15) is 9.59 Å². The van der Waals surface area contributed by atoms with Gasteiger partial charge in [-0.3, -0.25) is 9.59 Å². The Morgan fingerprint density at radius 3 is 2.40 bits per heavy atom. The second-order valence-corrected chi connectivity index (χ2v) is 3.71. The van der Waals surface area contributed by atoms with E-state index >= 15 is 0 Å². The molecule has 0 rings (SSSR count). The Bertz CT molecular complexity index is 219. The minimum Gasteiger partial charge on any atom is -0.481 e. The van der Waals surface area contributed by atoms with Crippen molar-refractivity contribution in [2.24, 2.45) is 5.92 Å². The van der Waals surface area contributed by atoms with Gasteiger partial charge in [-0.15, -0.1) is 0 Å². The van der Waals surface area contributed by atoms with Gasteiger partial charge >= 0.3 is 5.97 Å². The molecule has 0 fully saturated rings. The number of aliphatic carboxylic acids is 1. The molecule has 0 spiro atoms. The molecule has 0 aliphatic rings. The highest BCUT2D eigenvalue weighted by atomic mass is 16.4. The van der Waals surface area contributed by atoms with Crippen LogP contribution >= 0.6 is 0 Å². The normalized spacial score (nSPS) is 14.3. The molecule has 2 atom stereocenters. The first kappa shape index (κ1) is 13.9. The lowest BCUT2D eigenvalue weighted by atomic mass is 10.1. The molecule has 15 heavy (non-hydrogen) atoms. The van der Waals surface area contributed by atoms with Gasteiger partial charge in [0, 0.05) is 19.0 Å². The predicted molar refractivity (Wildman–Crippen MR) is 57.6 cm³/mol. The second kappa shape index (κ2) is 7.23. The quantitative estimate of drug-likeness (QED) is 0.568. The van der Waals surface area contributed by atoms with Crippen LogP contribution in [0.15, 0.2) is 0 Å². The van der Waals surface area contributed by atoms with E-state index in [0.717, 1.165) is 6.54 Å². The van der Waals surface area contributed by atoms with Crippen molar-refractivity contribution in [3.05, 3.63) is 0 Å². The van der Waals surface area contributed by atoms with Crippen molar-refractivity contribution in [1.29, 1.82) is 0 Å². The molecule has 88 valence electrons. The Hall–Kier alpha value is -1.10. The van der Waals surface area contributed by atoms with E-state index < -0.39 is 11.9 Å². The van der Waals surface area contributed by atoms with Gasteiger partial charge in [0.25, 0.3) is 0 Å². The van der Waals surface area contributed by atoms with Crippen LogP contribution in [0.5, 0.6) is 0 Å². The van der Waals surface area contributed by atoms with Crippen molar-refractivity contribution >= 4 is 11.9 Å². The Labute approximate surface area is 90.2 Å². The topological polar surface area (TPSA) is 78.4 Å². The van der Waals surface area contributed by atoms with Crippen molar-refractivity contribution in [3.8, 4) is 0 Å². The Balaban J connectivity index is 3.70. The molecule has 0 radical (unpaired) electrons. The molecule has 0 aliphatic heterocycles. The van der Waals surface area contributed by atoms with Gasteiger partial charge in [0.2, 0.25) is 5.91 Å². The minimum absolute atomic E-state index is 0.114. The summed E-state index contributed by atoms with van der Waals surface area (Å²) < 4.78 is 0. The second-order valence-electron chi connectivity index (χ2n) is 3.71. The Kier molecular flexibility index (Phi) is 6.70. The van der Waals surface area contributed by atoms with Gasteiger partial charge in [-0.25, -0.2) is 0 Å². The first-order valence-electron chi connectivity index (χ1n) is 5.20. The molecule has 2 unspecified atom stereocenters. The zero-order valence-electron chi connectivity index (χ0n) is 9.54. The van der Waals surface area contributed by atoms with Crippen molar-refractivity contribution in [1.82, 2.24) is 10.6 Å². The zero-order chi connectivity index (χ0) is 11.8. The zero-order valence-corrected chi connectivity index (χ0v) is 9.54. The maximum Gasteiger partial charge on any atom is 0.308 e. The summed E-state index contributed by atoms with van der Waals surface area (Å²) in [6, 6.07) is 0.120. The largest absolute Gasteiger partial charge is 0.481 e. The highest BCUT2D eigenvalue weighted by molar-refractivity contribution is 5.77. The van der Waals surface area contributed by atoms with E-state index in [1.807, 2.05) is 13.8 Å². The SMILES string of the molecule is CCNC(C)CC(=O)NCC(C)C(=O)O. The van der Waals surface area contributed by atoms with Crippen molar-refractivity contribution in [3.63, 3.8) is 0 Å². The molecule has 0 saturated heterocycles. The number of hydrogen-bond acceptors (Lipinski definition) is 3. The number of carbonyl (C=O) groups is 2. The first-order chi connectivity index (χ1) is 6.97. The fourth-order valence-corrected chi connectivity index (χ4v) is 1.13. The van der Waals surface area contributed by atoms with Crippen molar-refractivity contribution < 1.29 is 14.7 Å². The average Bonchev–Trinajstić information content (AvgIpc) is 2.14. The molecule has 0 saturated carbocycles. The monoisotopic (exact) mass is 216 g/mol. The molecule has 0 aromatic heterocycles. The standard InChI is InChI=1S/C10H20N2O3/c1-4-11-8(3)5-9(13)12-6-7(2)10(14)15/h7-8,11H,4-6H2,1-3H3,(H,12,13)(H,14,15). The van der Waals surface area contributed by atoms with Gasteiger partial charge in [0.15, 0.2) is 0 Å². The van der Waals surface area contributed by atoms with Gasteiger partial charge in [-0.1, -0.05) is 13.8 Å². The molecule has 0 aromatic carbocycles. The Morgan fingerprint density at radius 2 is 1.93 bits per heavy atom. The highest BCUT2D eigenvalue weighted by Crippen LogP contribution is 1.94. The summed E-state index contributed by atoms with van der Waals surface area (Å²) in [5, 5.41) is 14.3. The molecule has 0 aliphatic carbocycles. The predicted octanol–water partition coefficient (Wildman–Crippen LogP) is 0.211. The fourth-order valence-electron chi connectivity index (χ4n) is 1.13. The molecule has 1 amide bonds. The number of hydrogen-bond donors (Lipinski definition) is 3. The van der Waals surface area contributed by atoms with Crippen molar-refractivity contribution in [2.75, 3.05) is 13.1 Å². The molecular formula is C10H20N2O3. The molecule has 3 N–H and O–H groups in total. The van der Waals surface area contributed by atoms with Crippen LogP contribution in [0.3, 0.4) is 0 Å². The van der Waals surface area contributed by atoms with Crippen LogP contribution in [0.25, 0.3) is 0 Å². The van der Waals surface area contributed by atoms with E-state index in [1.165, 1.54) is 0 Å². The van der Waals surface area contributed by atoms with Gasteiger partial charge < -0.3 is 15.7 Å². The summed E-state index contributed by atoms with van der Waals surface area (Å²) in [4.78, 5) is 21.8. The lowest BCUT2D eigenvalue weighted by molar-refractivity contribution is -0.141. The van der Waals surface area contributed by atoms with Crippen LogP contribution in [0.2, 0.25) is 0 Å². The molecule has 5 nitrogen and oxygen atoms in total. The van der Waals surface area contributed by atoms with Crippen LogP contribution in [-0.2, 0) is 9.59 Å². The van der Waals surface area contributed by atoms with Crippen LogP contribution in [-0.4, -0.2) is 36.1 Å².